The van der Waals surface area contributed by atoms with Gasteiger partial charge in [0.2, 0.25) is 5.91 Å². The largest absolute Gasteiger partial charge is 0.489 e. The molecule has 5 aromatic rings. The molecule has 1 fully saturated rings. The van der Waals surface area contributed by atoms with Crippen LogP contribution in [-0.4, -0.2) is 57.7 Å². The van der Waals surface area contributed by atoms with Crippen molar-refractivity contribution in [3.63, 3.8) is 0 Å². The van der Waals surface area contributed by atoms with Gasteiger partial charge >= 0.3 is 6.18 Å². The maximum Gasteiger partial charge on any atom is 0.419 e. The summed E-state index contributed by atoms with van der Waals surface area (Å²) in [5.74, 6) is -0.0767. The van der Waals surface area contributed by atoms with Gasteiger partial charge in [-0.3, -0.25) is 9.48 Å². The molecule has 1 saturated heterocycles. The van der Waals surface area contributed by atoms with E-state index in [1.807, 2.05) is 58.2 Å². The van der Waals surface area contributed by atoms with Gasteiger partial charge in [-0.05, 0) is 108 Å². The number of aliphatic hydroxyl groups is 1. The molecule has 0 aliphatic carbocycles. The molecule has 1 atom stereocenters. The number of hydrogen-bond acceptors (Lipinski definition) is 7. The second-order valence-corrected chi connectivity index (χ2v) is 16.9. The third-order valence-corrected chi connectivity index (χ3v) is 11.8. The first kappa shape index (κ1) is 44.9. The number of likely N-dealkylation sites (tertiary alicyclic amines) is 1. The molecule has 0 saturated carbocycles. The van der Waals surface area contributed by atoms with Crippen LogP contribution in [0.15, 0.2) is 91.3 Å². The summed E-state index contributed by atoms with van der Waals surface area (Å²) >= 11 is 6.11. The van der Waals surface area contributed by atoms with Crippen LogP contribution in [0.5, 0.6) is 17.2 Å². The molecular formula is C48H53ClF4N4O5. The number of benzene rings is 4. The van der Waals surface area contributed by atoms with Gasteiger partial charge in [-0.1, -0.05) is 61.8 Å². The minimum Gasteiger partial charge on any atom is -0.489 e. The maximum atomic E-state index is 13.8. The molecule has 14 heteroatoms. The highest BCUT2D eigenvalue weighted by molar-refractivity contribution is 6.30. The lowest BCUT2D eigenvalue weighted by molar-refractivity contribution is -0.148. The van der Waals surface area contributed by atoms with Crippen molar-refractivity contribution in [1.29, 1.82) is 0 Å². The molecule has 0 radical (unpaired) electrons. The number of nitrogens with one attached hydrogen (secondary N) is 1. The van der Waals surface area contributed by atoms with Crippen molar-refractivity contribution >= 4 is 17.5 Å². The first-order valence-electron chi connectivity index (χ1n) is 21.3. The van der Waals surface area contributed by atoms with Gasteiger partial charge in [0, 0.05) is 62.3 Å². The zero-order valence-electron chi connectivity index (χ0n) is 35.0. The van der Waals surface area contributed by atoms with E-state index in [-0.39, 0.29) is 36.5 Å². The number of aromatic nitrogens is 2. The Morgan fingerprint density at radius 1 is 0.903 bits per heavy atom. The average Bonchev–Trinajstić information content (AvgIpc) is 3.85. The van der Waals surface area contributed by atoms with Gasteiger partial charge in [0.05, 0.1) is 24.3 Å². The predicted molar refractivity (Wildman–Crippen MR) is 229 cm³/mol. The fraction of sp³-hybridized carbons (Fsp3) is 0.417. The number of aryl methyl sites for hydroxylation is 4. The van der Waals surface area contributed by atoms with Gasteiger partial charge in [0.1, 0.15) is 18.2 Å². The maximum absolute atomic E-state index is 13.8. The Labute approximate surface area is 364 Å². The molecule has 62 heavy (non-hydrogen) atoms. The summed E-state index contributed by atoms with van der Waals surface area (Å²) in [5, 5.41) is 17.6. The standard InChI is InChI=1S/C48H53ClF4N4O5/c1-32(2)45(37-11-13-39(49)14-12-37)46(59)56-22-18-47(19-23-56)61-43-17-10-33(27-44(43)62-47)5-3-4-21-57-30-36(28-55-57)7-6-34-9-16-42(38(25-34)29-54-20-24-58)60-31-35-8-15-41(50)40(26-35)48(51,52)53/h8-17,25-28,30,32,45,54,58H,3-7,18-24,29,31H2,1-2H3/t45-/m0/s1. The lowest BCUT2D eigenvalue weighted by Gasteiger charge is -2.39. The van der Waals surface area contributed by atoms with Gasteiger partial charge in [0.15, 0.2) is 11.5 Å². The minimum absolute atomic E-state index is 0.0487. The van der Waals surface area contributed by atoms with E-state index in [1.54, 1.807) is 6.07 Å². The van der Waals surface area contributed by atoms with Crippen molar-refractivity contribution < 1.29 is 41.7 Å². The van der Waals surface area contributed by atoms with Crippen LogP contribution in [0, 0.1) is 11.7 Å². The lowest BCUT2D eigenvalue weighted by Crippen LogP contribution is -2.52. The minimum atomic E-state index is -4.80. The molecule has 7 rings (SSSR count). The molecule has 4 aromatic carbocycles. The van der Waals surface area contributed by atoms with Gasteiger partial charge in [0.25, 0.3) is 5.79 Å². The third-order valence-electron chi connectivity index (χ3n) is 11.5. The van der Waals surface area contributed by atoms with E-state index in [1.165, 1.54) is 11.6 Å². The number of halogens is 5. The van der Waals surface area contributed by atoms with Gasteiger partial charge < -0.3 is 29.5 Å². The molecule has 1 amide bonds. The van der Waals surface area contributed by atoms with Crippen LogP contribution in [0.4, 0.5) is 17.6 Å². The van der Waals surface area contributed by atoms with Crippen molar-refractivity contribution in [3.05, 3.63) is 141 Å². The topological polar surface area (TPSA) is 98.1 Å². The smallest absolute Gasteiger partial charge is 0.419 e. The summed E-state index contributed by atoms with van der Waals surface area (Å²) in [6, 6.07) is 22.3. The van der Waals surface area contributed by atoms with Gasteiger partial charge in [-0.25, -0.2) is 4.39 Å². The zero-order valence-corrected chi connectivity index (χ0v) is 35.8. The predicted octanol–water partition coefficient (Wildman–Crippen LogP) is 9.69. The Balaban J connectivity index is 0.857. The van der Waals surface area contributed by atoms with E-state index in [0.717, 1.165) is 84.5 Å². The number of nitrogens with zero attached hydrogens (tertiary/aromatic N) is 3. The summed E-state index contributed by atoms with van der Waals surface area (Å²) in [6.07, 6.45) is 4.61. The van der Waals surface area contributed by atoms with Crippen LogP contribution in [0.3, 0.4) is 0 Å². The van der Waals surface area contributed by atoms with E-state index in [0.29, 0.717) is 49.8 Å². The van der Waals surface area contributed by atoms with E-state index in [2.05, 4.69) is 42.6 Å². The second kappa shape index (κ2) is 19.9. The Morgan fingerprint density at radius 3 is 2.35 bits per heavy atom. The Morgan fingerprint density at radius 2 is 1.61 bits per heavy atom. The van der Waals surface area contributed by atoms with Gasteiger partial charge in [-0.15, -0.1) is 0 Å². The van der Waals surface area contributed by atoms with Gasteiger partial charge in [-0.2, -0.15) is 18.3 Å². The Bertz CT molecular complexity index is 2290. The van der Waals surface area contributed by atoms with Crippen molar-refractivity contribution in [2.24, 2.45) is 5.92 Å². The number of alkyl halides is 3. The molecule has 1 spiro atoms. The number of fused-ring (bicyclic) bond motifs is 1. The first-order chi connectivity index (χ1) is 29.8. The molecule has 0 bridgehead atoms. The van der Waals surface area contributed by atoms with E-state index in [9.17, 15) is 27.5 Å². The number of carbonyl (C=O) groups excluding carboxylic acids is 1. The highest BCUT2D eigenvalue weighted by Gasteiger charge is 2.46. The van der Waals surface area contributed by atoms with Crippen molar-refractivity contribution in [1.82, 2.24) is 20.0 Å². The number of unbranched alkanes of at least 4 members (excludes halogenated alkanes) is 1. The number of hydrogen-bond donors (Lipinski definition) is 2. The van der Waals surface area contributed by atoms with Crippen molar-refractivity contribution in [2.45, 2.75) is 96.4 Å². The van der Waals surface area contributed by atoms with Crippen LogP contribution in [0.25, 0.3) is 0 Å². The Hall–Kier alpha value is -5.11. The second-order valence-electron chi connectivity index (χ2n) is 16.5. The molecule has 0 unspecified atom stereocenters. The summed E-state index contributed by atoms with van der Waals surface area (Å²) in [6.45, 7) is 6.59. The number of aliphatic hydroxyl groups excluding tert-OH is 1. The number of piperidine rings is 1. The molecule has 2 aliphatic heterocycles. The molecule has 2 aliphatic rings. The van der Waals surface area contributed by atoms with Crippen LogP contribution >= 0.6 is 11.6 Å². The Kier molecular flexibility index (Phi) is 14.5. The van der Waals surface area contributed by atoms with Crippen molar-refractivity contribution in [2.75, 3.05) is 26.2 Å². The highest BCUT2D eigenvalue weighted by atomic mass is 35.5. The molecule has 2 N–H and O–H groups in total. The normalized spacial score (nSPS) is 15.1. The number of rotatable bonds is 18. The number of carbonyl (C=O) groups is 1. The molecule has 1 aromatic heterocycles. The molecule has 330 valence electrons. The van der Waals surface area contributed by atoms with Crippen LogP contribution in [-0.2, 0) is 49.9 Å². The number of ether oxygens (including phenoxy) is 3. The van der Waals surface area contributed by atoms with Crippen LogP contribution in [0.1, 0.15) is 84.4 Å². The summed E-state index contributed by atoms with van der Waals surface area (Å²) in [5.41, 5.74) is 3.97. The molecule has 9 nitrogen and oxygen atoms in total. The zero-order chi connectivity index (χ0) is 43.9. The lowest BCUT2D eigenvalue weighted by atomic mass is 9.86. The van der Waals surface area contributed by atoms with E-state index in [4.69, 9.17) is 25.8 Å². The average molecular weight is 877 g/mol. The quantitative estimate of drug-likeness (QED) is 0.0669. The van der Waals surface area contributed by atoms with E-state index < -0.39 is 23.3 Å². The number of amides is 1. The summed E-state index contributed by atoms with van der Waals surface area (Å²) in [7, 11) is 0. The summed E-state index contributed by atoms with van der Waals surface area (Å²) in [4.78, 5) is 15.6. The van der Waals surface area contributed by atoms with E-state index >= 15 is 0 Å². The fourth-order valence-corrected chi connectivity index (χ4v) is 8.33. The SMILES string of the molecule is CC(C)[C@H](C(=O)N1CCC2(CC1)Oc1ccc(CCCCn3cc(CCc4ccc(OCc5ccc(F)c(C(F)(F)F)c5)c(CNCCO)c4)cn3)cc1O2)c1ccc(Cl)cc1. The highest BCUT2D eigenvalue weighted by Crippen LogP contribution is 2.45. The van der Waals surface area contributed by atoms with Crippen LogP contribution < -0.4 is 19.5 Å². The van der Waals surface area contributed by atoms with Crippen LogP contribution in [0.2, 0.25) is 5.02 Å². The molecule has 3 heterocycles. The fourth-order valence-electron chi connectivity index (χ4n) is 8.20. The monoisotopic (exact) mass is 876 g/mol. The van der Waals surface area contributed by atoms with Crippen molar-refractivity contribution in [3.8, 4) is 17.2 Å². The third kappa shape index (κ3) is 11.3. The molecular weight excluding hydrogens is 824 g/mol. The summed E-state index contributed by atoms with van der Waals surface area (Å²) < 4.78 is 74.2. The first-order valence-corrected chi connectivity index (χ1v) is 21.7.